The average Bonchev–Trinajstić information content (AvgIpc) is 3.90. The Balaban J connectivity index is 1.16. The topological polar surface area (TPSA) is 65.8 Å². The number of fused-ring (bicyclic) bond motifs is 7. The Morgan fingerprint density at radius 3 is 1.87 bits per heavy atom. The first-order valence-corrected chi connectivity index (χ1v) is 18.7. The Bertz CT molecular complexity index is 3130. The van der Waals surface area contributed by atoms with Gasteiger partial charge in [-0.1, -0.05) is 133 Å². The van der Waals surface area contributed by atoms with Crippen molar-refractivity contribution in [1.82, 2.24) is 33.5 Å². The van der Waals surface area contributed by atoms with Gasteiger partial charge in [-0.3, -0.25) is 13.5 Å². The van der Waals surface area contributed by atoms with E-state index in [4.69, 9.17) is 19.9 Å². The van der Waals surface area contributed by atoms with Crippen molar-refractivity contribution in [3.8, 4) is 45.3 Å². The lowest BCUT2D eigenvalue weighted by Crippen LogP contribution is -2.03. The van der Waals surface area contributed by atoms with Crippen molar-refractivity contribution in [2.24, 2.45) is 0 Å². The maximum absolute atomic E-state index is 5.45. The Kier molecular flexibility index (Phi) is 7.16. The van der Waals surface area contributed by atoms with E-state index in [-0.39, 0.29) is 0 Å². The lowest BCUT2D eigenvalue weighted by molar-refractivity contribution is 1.01. The molecule has 0 radical (unpaired) electrons. The largest absolute Gasteiger partial charge is 0.292 e. The van der Waals surface area contributed by atoms with E-state index in [1.165, 1.54) is 0 Å². The summed E-state index contributed by atoms with van der Waals surface area (Å²) in [6.07, 6.45) is 8.52. The minimum absolute atomic E-state index is 0.642. The highest BCUT2D eigenvalue weighted by molar-refractivity contribution is 6.10. The third-order valence-electron chi connectivity index (χ3n) is 10.5. The van der Waals surface area contributed by atoms with E-state index in [2.05, 4.69) is 171 Å². The van der Waals surface area contributed by atoms with Crippen LogP contribution in [-0.4, -0.2) is 33.5 Å². The van der Waals surface area contributed by atoms with Gasteiger partial charge in [0.05, 0.1) is 16.6 Å². The summed E-state index contributed by atoms with van der Waals surface area (Å²) in [6, 6.07) is 54.9. The standard InChI is InChI=1S/C48H33N7/c1-5-17-32(18-6-1)44-49-45(33-19-7-2-8-20-33)51-46(50-44)38-26-14-13-25-37(38)34-29-30-41-42(31-34)54(36-23-11-4-12-24-36)48-52-47-43(55(41)48)39-27-15-16-28-40(39)53(47)35-21-9-3-10-22-35/h1,3-7,9-31H,2,8H2. The van der Waals surface area contributed by atoms with Crippen LogP contribution in [0, 0.1) is 0 Å². The Morgan fingerprint density at radius 1 is 0.455 bits per heavy atom. The molecule has 0 fully saturated rings. The van der Waals surface area contributed by atoms with Gasteiger partial charge < -0.3 is 0 Å². The number of imidazole rings is 2. The molecule has 7 heteroatoms. The monoisotopic (exact) mass is 707 g/mol. The van der Waals surface area contributed by atoms with Crippen molar-refractivity contribution in [1.29, 1.82) is 0 Å². The zero-order valence-electron chi connectivity index (χ0n) is 29.8. The molecule has 0 spiro atoms. The van der Waals surface area contributed by atoms with Crippen LogP contribution in [0.25, 0.3) is 89.7 Å². The number of nitrogens with zero attached hydrogens (tertiary/aromatic N) is 7. The van der Waals surface area contributed by atoms with E-state index >= 15 is 0 Å². The first-order chi connectivity index (χ1) is 27.3. The minimum atomic E-state index is 0.642. The molecule has 7 nitrogen and oxygen atoms in total. The normalized spacial score (nSPS) is 13.0. The summed E-state index contributed by atoms with van der Waals surface area (Å²) < 4.78 is 6.88. The average molecular weight is 708 g/mol. The molecule has 4 aromatic heterocycles. The number of aromatic nitrogens is 7. The van der Waals surface area contributed by atoms with Gasteiger partial charge >= 0.3 is 0 Å². The van der Waals surface area contributed by atoms with Crippen molar-refractivity contribution >= 4 is 44.5 Å². The van der Waals surface area contributed by atoms with Crippen LogP contribution in [-0.2, 0) is 0 Å². The second kappa shape index (κ2) is 12.6. The van der Waals surface area contributed by atoms with Gasteiger partial charge in [-0.05, 0) is 66.4 Å². The van der Waals surface area contributed by atoms with Gasteiger partial charge in [0.2, 0.25) is 5.78 Å². The third-order valence-corrected chi connectivity index (χ3v) is 10.5. The fraction of sp³-hybridized carbons (Fsp3) is 0.0417. The lowest BCUT2D eigenvalue weighted by atomic mass is 9.98. The first kappa shape index (κ1) is 31.2. The zero-order chi connectivity index (χ0) is 36.3. The van der Waals surface area contributed by atoms with Crippen LogP contribution < -0.4 is 0 Å². The molecule has 0 saturated carbocycles. The molecule has 4 heterocycles. The molecule has 0 amide bonds. The summed E-state index contributed by atoms with van der Waals surface area (Å²) in [5.41, 5.74) is 12.4. The summed E-state index contributed by atoms with van der Waals surface area (Å²) in [7, 11) is 0. The van der Waals surface area contributed by atoms with E-state index < -0.39 is 0 Å². The quantitative estimate of drug-likeness (QED) is 0.173. The van der Waals surface area contributed by atoms with Crippen molar-refractivity contribution in [2.75, 3.05) is 0 Å². The van der Waals surface area contributed by atoms with Crippen LogP contribution in [0.2, 0.25) is 0 Å². The summed E-state index contributed by atoms with van der Waals surface area (Å²) in [6.45, 7) is 0. The molecule has 6 aromatic carbocycles. The van der Waals surface area contributed by atoms with E-state index in [1.54, 1.807) is 0 Å². The van der Waals surface area contributed by atoms with Gasteiger partial charge in [0, 0.05) is 33.5 Å². The summed E-state index contributed by atoms with van der Waals surface area (Å²) in [5, 5.41) is 1.15. The Labute approximate surface area is 316 Å². The van der Waals surface area contributed by atoms with E-state index in [0.29, 0.717) is 17.5 Å². The van der Waals surface area contributed by atoms with Crippen molar-refractivity contribution in [2.45, 2.75) is 12.8 Å². The van der Waals surface area contributed by atoms with Crippen molar-refractivity contribution < 1.29 is 0 Å². The molecule has 55 heavy (non-hydrogen) atoms. The number of allylic oxidation sites excluding steroid dienone is 4. The maximum atomic E-state index is 5.45. The Morgan fingerprint density at radius 2 is 1.11 bits per heavy atom. The van der Waals surface area contributed by atoms with E-state index in [9.17, 15) is 0 Å². The fourth-order valence-electron chi connectivity index (χ4n) is 8.04. The molecule has 0 bridgehead atoms. The van der Waals surface area contributed by atoms with Crippen LogP contribution in [0.5, 0.6) is 0 Å². The number of para-hydroxylation sites is 3. The number of rotatable bonds is 6. The molecule has 260 valence electrons. The molecule has 0 atom stereocenters. The van der Waals surface area contributed by atoms with Gasteiger partial charge in [0.1, 0.15) is 5.52 Å². The second-order valence-electron chi connectivity index (χ2n) is 13.8. The smallest absolute Gasteiger partial charge is 0.222 e. The molecule has 10 aromatic rings. The first-order valence-electron chi connectivity index (χ1n) is 18.7. The third kappa shape index (κ3) is 5.05. The SMILES string of the molecule is C1=CC(c2nc(-c3ccccc3)nc(-c3ccccc3-c3ccc4c(c3)n(-c3ccccc3)c3nc5c(c6ccccc6n5-c5ccccc5)n43)n2)=CCC1. The van der Waals surface area contributed by atoms with E-state index in [0.717, 1.165) is 90.9 Å². The molecular formula is C48H33N7. The lowest BCUT2D eigenvalue weighted by Gasteiger charge is -2.13. The highest BCUT2D eigenvalue weighted by Crippen LogP contribution is 2.39. The molecule has 0 N–H and O–H groups in total. The van der Waals surface area contributed by atoms with Crippen molar-refractivity contribution in [3.63, 3.8) is 0 Å². The van der Waals surface area contributed by atoms with Crippen LogP contribution in [0.3, 0.4) is 0 Å². The van der Waals surface area contributed by atoms with Gasteiger partial charge in [0.25, 0.3) is 0 Å². The summed E-state index contributed by atoms with van der Waals surface area (Å²) in [4.78, 5) is 20.6. The van der Waals surface area contributed by atoms with Crippen LogP contribution in [0.15, 0.2) is 176 Å². The molecule has 0 aliphatic heterocycles. The van der Waals surface area contributed by atoms with Gasteiger partial charge in [0.15, 0.2) is 23.1 Å². The van der Waals surface area contributed by atoms with Crippen LogP contribution in [0.4, 0.5) is 0 Å². The highest BCUT2D eigenvalue weighted by Gasteiger charge is 2.24. The van der Waals surface area contributed by atoms with Crippen LogP contribution >= 0.6 is 0 Å². The number of hydrogen-bond donors (Lipinski definition) is 0. The fourth-order valence-corrected chi connectivity index (χ4v) is 8.04. The molecule has 0 saturated heterocycles. The Hall–Kier alpha value is -7.38. The molecule has 0 unspecified atom stereocenters. The van der Waals surface area contributed by atoms with Crippen molar-refractivity contribution in [3.05, 3.63) is 182 Å². The second-order valence-corrected chi connectivity index (χ2v) is 13.8. The van der Waals surface area contributed by atoms with Crippen LogP contribution in [0.1, 0.15) is 18.7 Å². The molecule has 1 aliphatic rings. The summed E-state index contributed by atoms with van der Waals surface area (Å²) in [5.74, 6) is 2.84. The highest BCUT2D eigenvalue weighted by atomic mass is 15.2. The number of benzene rings is 6. The minimum Gasteiger partial charge on any atom is -0.292 e. The predicted molar refractivity (Wildman–Crippen MR) is 222 cm³/mol. The number of hydrogen-bond acceptors (Lipinski definition) is 4. The molecule has 1 aliphatic carbocycles. The van der Waals surface area contributed by atoms with E-state index in [1.807, 2.05) is 18.2 Å². The molecular weight excluding hydrogens is 675 g/mol. The predicted octanol–water partition coefficient (Wildman–Crippen LogP) is 11.3. The maximum Gasteiger partial charge on any atom is 0.222 e. The summed E-state index contributed by atoms with van der Waals surface area (Å²) >= 11 is 0. The van der Waals surface area contributed by atoms with Gasteiger partial charge in [-0.25, -0.2) is 15.0 Å². The zero-order valence-corrected chi connectivity index (χ0v) is 29.8. The molecule has 11 rings (SSSR count). The van der Waals surface area contributed by atoms with Gasteiger partial charge in [-0.15, -0.1) is 0 Å². The van der Waals surface area contributed by atoms with Gasteiger partial charge in [-0.2, -0.15) is 4.98 Å².